The number of phenolic OH excluding ortho intramolecular Hbond substituents is 1. The van der Waals surface area contributed by atoms with Crippen LogP contribution in [0.25, 0.3) is 0 Å². The fraction of sp³-hybridized carbons (Fsp3) is 0.381. The fourth-order valence-corrected chi connectivity index (χ4v) is 2.71. The molecule has 2 rings (SSSR count). The fourth-order valence-electron chi connectivity index (χ4n) is 2.71. The maximum Gasteiger partial charge on any atom is 0.191 e. The molecule has 0 aliphatic heterocycles. The van der Waals surface area contributed by atoms with Crippen LogP contribution in [0.1, 0.15) is 37.8 Å². The Hall–Kier alpha value is -1.76. The van der Waals surface area contributed by atoms with Crippen LogP contribution in [0.15, 0.2) is 59.6 Å². The third-order valence-corrected chi connectivity index (χ3v) is 4.36. The van der Waals surface area contributed by atoms with Crippen molar-refractivity contribution in [2.45, 2.75) is 39.2 Å². The van der Waals surface area contributed by atoms with Crippen molar-refractivity contribution in [2.75, 3.05) is 13.1 Å². The summed E-state index contributed by atoms with van der Waals surface area (Å²) >= 11 is 0. The SMILES string of the molecule is CCNC(=NCCc1cccc(O)c1)NC(C)C(C)c1ccccc1.I. The minimum atomic E-state index is 0. The first kappa shape index (κ1) is 22.3. The average molecular weight is 467 g/mol. The van der Waals surface area contributed by atoms with Gasteiger partial charge in [0.2, 0.25) is 0 Å². The largest absolute Gasteiger partial charge is 0.508 e. The number of aliphatic imine (C=N–C) groups is 1. The van der Waals surface area contributed by atoms with Crippen molar-refractivity contribution in [3.63, 3.8) is 0 Å². The van der Waals surface area contributed by atoms with Gasteiger partial charge in [-0.15, -0.1) is 24.0 Å². The molecule has 142 valence electrons. The topological polar surface area (TPSA) is 56.7 Å². The van der Waals surface area contributed by atoms with Gasteiger partial charge in [-0.25, -0.2) is 0 Å². The molecule has 0 aliphatic carbocycles. The number of benzene rings is 2. The lowest BCUT2D eigenvalue weighted by molar-refractivity contribution is 0.474. The molecule has 2 aromatic rings. The summed E-state index contributed by atoms with van der Waals surface area (Å²) in [6, 6.07) is 18.1. The second-order valence-electron chi connectivity index (χ2n) is 6.31. The molecule has 0 aliphatic rings. The molecule has 5 heteroatoms. The normalized spacial score (nSPS) is 13.4. The summed E-state index contributed by atoms with van der Waals surface area (Å²) in [5, 5.41) is 16.3. The maximum atomic E-state index is 9.53. The zero-order chi connectivity index (χ0) is 18.1. The zero-order valence-corrected chi connectivity index (χ0v) is 18.1. The predicted octanol–water partition coefficient (Wildman–Crippen LogP) is 4.30. The van der Waals surface area contributed by atoms with Crippen molar-refractivity contribution < 1.29 is 5.11 Å². The first-order valence-electron chi connectivity index (χ1n) is 8.98. The van der Waals surface area contributed by atoms with E-state index in [0.29, 0.717) is 18.2 Å². The third-order valence-electron chi connectivity index (χ3n) is 4.36. The number of rotatable bonds is 7. The van der Waals surface area contributed by atoms with Crippen LogP contribution in [0, 0.1) is 0 Å². The van der Waals surface area contributed by atoms with Crippen LogP contribution < -0.4 is 10.6 Å². The predicted molar refractivity (Wildman–Crippen MR) is 121 cm³/mol. The quantitative estimate of drug-likeness (QED) is 0.323. The number of nitrogens with zero attached hydrogens (tertiary/aromatic N) is 1. The van der Waals surface area contributed by atoms with E-state index in [0.717, 1.165) is 24.5 Å². The molecule has 0 bridgehead atoms. The van der Waals surface area contributed by atoms with E-state index < -0.39 is 0 Å². The van der Waals surface area contributed by atoms with Gasteiger partial charge in [0.1, 0.15) is 5.75 Å². The highest BCUT2D eigenvalue weighted by Crippen LogP contribution is 2.18. The van der Waals surface area contributed by atoms with Crippen molar-refractivity contribution >= 4 is 29.9 Å². The molecule has 0 fully saturated rings. The molecule has 0 saturated heterocycles. The van der Waals surface area contributed by atoms with Gasteiger partial charge in [0.25, 0.3) is 0 Å². The Bertz CT molecular complexity index is 676. The lowest BCUT2D eigenvalue weighted by atomic mass is 9.94. The minimum Gasteiger partial charge on any atom is -0.508 e. The lowest BCUT2D eigenvalue weighted by Gasteiger charge is -2.24. The van der Waals surface area contributed by atoms with E-state index in [9.17, 15) is 5.11 Å². The van der Waals surface area contributed by atoms with Gasteiger partial charge in [0.15, 0.2) is 5.96 Å². The van der Waals surface area contributed by atoms with Gasteiger partial charge in [-0.05, 0) is 43.5 Å². The number of aromatic hydroxyl groups is 1. The standard InChI is InChI=1S/C21H29N3O.HI/c1-4-22-21(23-14-13-18-9-8-12-20(25)15-18)24-17(3)16(2)19-10-6-5-7-11-19;/h5-12,15-17,25H,4,13-14H2,1-3H3,(H2,22,23,24);1H. The second kappa shape index (κ2) is 11.8. The van der Waals surface area contributed by atoms with E-state index in [1.54, 1.807) is 12.1 Å². The van der Waals surface area contributed by atoms with Crippen LogP contribution in [-0.2, 0) is 6.42 Å². The number of halogens is 1. The Labute approximate surface area is 174 Å². The highest BCUT2D eigenvalue weighted by molar-refractivity contribution is 14.0. The van der Waals surface area contributed by atoms with Gasteiger partial charge in [-0.2, -0.15) is 0 Å². The monoisotopic (exact) mass is 467 g/mol. The van der Waals surface area contributed by atoms with Crippen molar-refractivity contribution in [3.05, 3.63) is 65.7 Å². The summed E-state index contributed by atoms with van der Waals surface area (Å²) < 4.78 is 0. The summed E-state index contributed by atoms with van der Waals surface area (Å²) in [6.07, 6.45) is 0.799. The van der Waals surface area contributed by atoms with E-state index in [4.69, 9.17) is 0 Å². The van der Waals surface area contributed by atoms with Crippen molar-refractivity contribution in [1.29, 1.82) is 0 Å². The number of phenols is 1. The zero-order valence-electron chi connectivity index (χ0n) is 15.8. The van der Waals surface area contributed by atoms with Crippen LogP contribution in [0.4, 0.5) is 0 Å². The van der Waals surface area contributed by atoms with Gasteiger partial charge < -0.3 is 15.7 Å². The Balaban J connectivity index is 0.00000338. The number of hydrogen-bond donors (Lipinski definition) is 3. The first-order valence-corrected chi connectivity index (χ1v) is 8.98. The molecule has 0 spiro atoms. The van der Waals surface area contributed by atoms with Gasteiger partial charge in [-0.3, -0.25) is 4.99 Å². The van der Waals surface area contributed by atoms with Crippen LogP contribution >= 0.6 is 24.0 Å². The molecule has 3 N–H and O–H groups in total. The van der Waals surface area contributed by atoms with Gasteiger partial charge in [0, 0.05) is 25.0 Å². The van der Waals surface area contributed by atoms with Crippen LogP contribution in [0.5, 0.6) is 5.75 Å². The molecule has 26 heavy (non-hydrogen) atoms. The second-order valence-corrected chi connectivity index (χ2v) is 6.31. The number of hydrogen-bond acceptors (Lipinski definition) is 2. The lowest BCUT2D eigenvalue weighted by Crippen LogP contribution is -2.44. The van der Waals surface area contributed by atoms with E-state index in [-0.39, 0.29) is 30.0 Å². The summed E-state index contributed by atoms with van der Waals surface area (Å²) in [5.74, 6) is 1.52. The molecule has 0 aromatic heterocycles. The summed E-state index contributed by atoms with van der Waals surface area (Å²) in [5.41, 5.74) is 2.41. The highest BCUT2D eigenvalue weighted by Gasteiger charge is 2.15. The smallest absolute Gasteiger partial charge is 0.191 e. The molecule has 0 amide bonds. The summed E-state index contributed by atoms with van der Waals surface area (Å²) in [4.78, 5) is 4.67. The Morgan fingerprint density at radius 2 is 1.81 bits per heavy atom. The van der Waals surface area contributed by atoms with Gasteiger partial charge >= 0.3 is 0 Å². The van der Waals surface area contributed by atoms with Gasteiger partial charge in [0.05, 0.1) is 0 Å². The van der Waals surface area contributed by atoms with Crippen LogP contribution in [0.2, 0.25) is 0 Å². The summed E-state index contributed by atoms with van der Waals surface area (Å²) in [7, 11) is 0. The summed E-state index contributed by atoms with van der Waals surface area (Å²) in [6.45, 7) is 7.97. The Morgan fingerprint density at radius 1 is 1.08 bits per heavy atom. The molecule has 2 unspecified atom stereocenters. The van der Waals surface area contributed by atoms with Crippen LogP contribution in [0.3, 0.4) is 0 Å². The van der Waals surface area contributed by atoms with Gasteiger partial charge in [-0.1, -0.05) is 49.4 Å². The van der Waals surface area contributed by atoms with Crippen molar-refractivity contribution in [2.24, 2.45) is 4.99 Å². The molecule has 0 radical (unpaired) electrons. The highest BCUT2D eigenvalue weighted by atomic mass is 127. The average Bonchev–Trinajstić information content (AvgIpc) is 2.62. The maximum absolute atomic E-state index is 9.53. The molecule has 4 nitrogen and oxygen atoms in total. The van der Waals surface area contributed by atoms with E-state index in [1.807, 2.05) is 18.2 Å². The Kier molecular flexibility index (Phi) is 10.1. The van der Waals surface area contributed by atoms with Crippen molar-refractivity contribution in [3.8, 4) is 5.75 Å². The van der Waals surface area contributed by atoms with Crippen LogP contribution in [-0.4, -0.2) is 30.2 Å². The van der Waals surface area contributed by atoms with E-state index >= 15 is 0 Å². The van der Waals surface area contributed by atoms with E-state index in [1.165, 1.54) is 5.56 Å². The molecular formula is C21H30IN3O. The number of guanidine groups is 1. The molecule has 0 saturated carbocycles. The minimum absolute atomic E-state index is 0. The third kappa shape index (κ3) is 7.23. The molecule has 2 atom stereocenters. The van der Waals surface area contributed by atoms with Crippen molar-refractivity contribution in [1.82, 2.24) is 10.6 Å². The Morgan fingerprint density at radius 3 is 2.46 bits per heavy atom. The first-order chi connectivity index (χ1) is 12.1. The van der Waals surface area contributed by atoms with E-state index in [2.05, 4.69) is 60.7 Å². The molecular weight excluding hydrogens is 437 g/mol. The number of nitrogens with one attached hydrogen (secondary N) is 2. The molecule has 0 heterocycles. The molecule has 2 aromatic carbocycles.